The van der Waals surface area contributed by atoms with E-state index >= 15 is 0 Å². The lowest BCUT2D eigenvalue weighted by Crippen LogP contribution is -2.30. The van der Waals surface area contributed by atoms with Crippen LogP contribution in [0.5, 0.6) is 5.75 Å². The van der Waals surface area contributed by atoms with E-state index in [1.165, 1.54) is 28.0 Å². The van der Waals surface area contributed by atoms with Gasteiger partial charge >= 0.3 is 12.3 Å². The van der Waals surface area contributed by atoms with Crippen molar-refractivity contribution in [3.05, 3.63) is 168 Å². The Hall–Kier alpha value is -7.61. The topological polar surface area (TPSA) is 109 Å². The van der Waals surface area contributed by atoms with E-state index < -0.39 is 18.0 Å². The number of fused-ring (bicyclic) bond motifs is 2. The second-order valence-corrected chi connectivity index (χ2v) is 17.5. The van der Waals surface area contributed by atoms with Crippen LogP contribution in [-0.2, 0) is 39.0 Å². The van der Waals surface area contributed by atoms with Gasteiger partial charge in [0.1, 0.15) is 28.3 Å². The molecule has 0 spiro atoms. The van der Waals surface area contributed by atoms with Crippen molar-refractivity contribution < 1.29 is 22.7 Å². The van der Waals surface area contributed by atoms with Gasteiger partial charge in [-0.2, -0.15) is 18.3 Å². The van der Waals surface area contributed by atoms with Gasteiger partial charge in [-0.15, -0.1) is 0 Å². The van der Waals surface area contributed by atoms with E-state index in [0.717, 1.165) is 50.7 Å². The molecule has 0 unspecified atom stereocenters. The summed E-state index contributed by atoms with van der Waals surface area (Å²) in [5.41, 5.74) is 10.8. The second-order valence-electron chi connectivity index (χ2n) is 17.5. The second kappa shape index (κ2) is 17.6. The quantitative estimate of drug-likeness (QED) is 0.113. The molecule has 1 fully saturated rings. The molecule has 0 N–H and O–H groups in total. The number of nitrogens with zero attached hydrogens (tertiary/aromatic N) is 9. The number of amides is 1. The zero-order valence-corrected chi connectivity index (χ0v) is 37.6. The molecular formula is C53H48F3N9O2. The normalized spacial score (nSPS) is 13.0. The Balaban J connectivity index is 0.930. The summed E-state index contributed by atoms with van der Waals surface area (Å²) in [6.45, 7) is 4.45. The lowest BCUT2D eigenvalue weighted by atomic mass is 9.94. The van der Waals surface area contributed by atoms with Crippen LogP contribution in [0.1, 0.15) is 72.3 Å². The number of anilines is 1. The van der Waals surface area contributed by atoms with Crippen LogP contribution in [0.4, 0.5) is 23.8 Å². The number of pyridine rings is 2. The lowest BCUT2D eigenvalue weighted by Gasteiger charge is -2.19. The highest BCUT2D eigenvalue weighted by atomic mass is 19.4. The number of benzene rings is 4. The standard InChI is InChI=1S/C53H48F3N9O2/c1-33(2)40-14-8-10-16-42(40)49-51-45(30-47(60-49)63(4)52(66)67-39-12-6-5-7-13-39)64(32-58-51)27-26-38-29-46(53(54,55)56)61-65(38)37-24-19-34(20-25-37)18-23-36-28-44-50(57-31-62(44)3)48(59-36)43-17-11-9-15-41(43)35-21-22-35/h5-17,19-20,24-25,28-33,35H,18,21-23,26-27H2,1-4H3. The van der Waals surface area contributed by atoms with E-state index in [1.807, 2.05) is 77.1 Å². The molecule has 0 radical (unpaired) electrons. The number of aromatic nitrogens is 8. The van der Waals surface area contributed by atoms with E-state index in [2.05, 4.69) is 49.3 Å². The molecule has 1 saturated carbocycles. The average Bonchev–Trinajstić information content (AvgIpc) is 3.78. The first-order valence-electron chi connectivity index (χ1n) is 22.5. The molecule has 5 heterocycles. The Kier molecular flexibility index (Phi) is 11.4. The fourth-order valence-electron chi connectivity index (χ4n) is 8.78. The highest BCUT2D eigenvalue weighted by Gasteiger charge is 2.35. The number of ether oxygens (including phenoxy) is 1. The van der Waals surface area contributed by atoms with Gasteiger partial charge < -0.3 is 13.9 Å². The highest BCUT2D eigenvalue weighted by molar-refractivity contribution is 5.96. The highest BCUT2D eigenvalue weighted by Crippen LogP contribution is 2.45. The molecule has 0 bridgehead atoms. The van der Waals surface area contributed by atoms with Crippen molar-refractivity contribution in [1.82, 2.24) is 38.9 Å². The summed E-state index contributed by atoms with van der Waals surface area (Å²) in [4.78, 5) is 34.5. The van der Waals surface area contributed by atoms with Gasteiger partial charge in [-0.25, -0.2) is 24.4 Å². The number of para-hydroxylation sites is 1. The maximum atomic E-state index is 14.3. The molecule has 11 nitrogen and oxygen atoms in total. The molecule has 1 aliphatic rings. The first-order chi connectivity index (χ1) is 32.4. The molecule has 5 aromatic heterocycles. The lowest BCUT2D eigenvalue weighted by molar-refractivity contribution is -0.141. The van der Waals surface area contributed by atoms with Gasteiger partial charge in [-0.3, -0.25) is 9.88 Å². The van der Waals surface area contributed by atoms with Crippen molar-refractivity contribution in [2.75, 3.05) is 11.9 Å². The van der Waals surface area contributed by atoms with Crippen molar-refractivity contribution in [3.63, 3.8) is 0 Å². The predicted molar refractivity (Wildman–Crippen MR) is 254 cm³/mol. The largest absolute Gasteiger partial charge is 0.435 e. The summed E-state index contributed by atoms with van der Waals surface area (Å²) < 4.78 is 53.9. The number of carbonyl (C=O) groups excluding carboxylic acids is 1. The van der Waals surface area contributed by atoms with Crippen molar-refractivity contribution in [3.8, 4) is 34.0 Å². The molecule has 0 atom stereocenters. The summed E-state index contributed by atoms with van der Waals surface area (Å²) in [6, 6.07) is 37.7. The van der Waals surface area contributed by atoms with Crippen molar-refractivity contribution in [1.29, 1.82) is 0 Å². The smallest absolute Gasteiger partial charge is 0.410 e. The minimum Gasteiger partial charge on any atom is -0.410 e. The van der Waals surface area contributed by atoms with Crippen LogP contribution in [0, 0.1) is 0 Å². The Morgan fingerprint density at radius 3 is 2.21 bits per heavy atom. The number of halogens is 3. The van der Waals surface area contributed by atoms with Crippen molar-refractivity contribution >= 4 is 34.0 Å². The third kappa shape index (κ3) is 8.78. The Morgan fingerprint density at radius 2 is 1.46 bits per heavy atom. The molecule has 0 aliphatic heterocycles. The van der Waals surface area contributed by atoms with Crippen LogP contribution >= 0.6 is 0 Å². The van der Waals surface area contributed by atoms with Gasteiger partial charge in [0.2, 0.25) is 0 Å². The molecule has 10 rings (SSSR count). The predicted octanol–water partition coefficient (Wildman–Crippen LogP) is 11.9. The maximum Gasteiger partial charge on any atom is 0.435 e. The van der Waals surface area contributed by atoms with Gasteiger partial charge in [0.05, 0.1) is 35.1 Å². The fourth-order valence-corrected chi connectivity index (χ4v) is 8.78. The molecule has 67 heavy (non-hydrogen) atoms. The summed E-state index contributed by atoms with van der Waals surface area (Å²) in [5, 5.41) is 4.08. The molecule has 9 aromatic rings. The SMILES string of the molecule is CC(C)c1ccccc1-c1nc(N(C)C(=O)Oc2ccccc2)cc2c1ncn2CCc1cc(C(F)(F)F)nn1-c1ccc(CCc2cc3c(ncn3C)c(-c3ccccc3C3CC3)n2)cc1. The Morgan fingerprint density at radius 1 is 0.776 bits per heavy atom. The molecular weight excluding hydrogens is 852 g/mol. The summed E-state index contributed by atoms with van der Waals surface area (Å²) in [6.07, 6.45) is 2.09. The third-order valence-corrected chi connectivity index (χ3v) is 12.5. The first-order valence-corrected chi connectivity index (χ1v) is 22.5. The van der Waals surface area contributed by atoms with Gasteiger partial charge in [-0.1, -0.05) is 92.7 Å². The number of rotatable bonds is 13. The van der Waals surface area contributed by atoms with E-state index in [9.17, 15) is 18.0 Å². The van der Waals surface area contributed by atoms with Crippen molar-refractivity contribution in [2.45, 2.75) is 70.5 Å². The van der Waals surface area contributed by atoms with E-state index in [0.29, 0.717) is 58.4 Å². The van der Waals surface area contributed by atoms with Crippen LogP contribution < -0.4 is 9.64 Å². The zero-order chi connectivity index (χ0) is 46.4. The molecule has 14 heteroatoms. The fraction of sp³-hybridized carbons (Fsp3) is 0.245. The molecule has 1 amide bonds. The van der Waals surface area contributed by atoms with Gasteiger partial charge in [0.15, 0.2) is 5.69 Å². The number of hydrogen-bond donors (Lipinski definition) is 0. The monoisotopic (exact) mass is 899 g/mol. The minimum atomic E-state index is -4.65. The zero-order valence-electron chi connectivity index (χ0n) is 37.6. The summed E-state index contributed by atoms with van der Waals surface area (Å²) in [7, 11) is 3.58. The van der Waals surface area contributed by atoms with Crippen LogP contribution in [0.2, 0.25) is 0 Å². The van der Waals surface area contributed by atoms with Crippen LogP contribution in [-0.4, -0.2) is 52.0 Å². The van der Waals surface area contributed by atoms with Crippen LogP contribution in [0.3, 0.4) is 0 Å². The first kappa shape index (κ1) is 43.3. The van der Waals surface area contributed by atoms with Crippen LogP contribution in [0.25, 0.3) is 50.3 Å². The Labute approximate surface area is 385 Å². The van der Waals surface area contributed by atoms with E-state index in [4.69, 9.17) is 24.7 Å². The van der Waals surface area contributed by atoms with E-state index in [-0.39, 0.29) is 18.9 Å². The van der Waals surface area contributed by atoms with Gasteiger partial charge in [-0.05, 0) is 90.6 Å². The van der Waals surface area contributed by atoms with Gasteiger partial charge in [0, 0.05) is 55.6 Å². The number of imidazole rings is 2. The number of carbonyl (C=O) groups is 1. The maximum absolute atomic E-state index is 14.3. The molecule has 0 saturated heterocycles. The average molecular weight is 900 g/mol. The molecule has 338 valence electrons. The summed E-state index contributed by atoms with van der Waals surface area (Å²) >= 11 is 0. The third-order valence-electron chi connectivity index (χ3n) is 12.5. The minimum absolute atomic E-state index is 0.157. The van der Waals surface area contributed by atoms with Crippen LogP contribution in [0.15, 0.2) is 134 Å². The number of alkyl halides is 3. The van der Waals surface area contributed by atoms with Gasteiger partial charge in [0.25, 0.3) is 0 Å². The molecule has 4 aromatic carbocycles. The molecule has 1 aliphatic carbocycles. The number of hydrogen-bond acceptors (Lipinski definition) is 7. The van der Waals surface area contributed by atoms with E-state index in [1.54, 1.807) is 43.7 Å². The number of aryl methyl sites for hydroxylation is 5. The Bertz CT molecular complexity index is 3260. The van der Waals surface area contributed by atoms with Crippen molar-refractivity contribution in [2.24, 2.45) is 7.05 Å². The summed E-state index contributed by atoms with van der Waals surface area (Å²) in [5.74, 6) is 1.41.